The molecule has 0 aliphatic heterocycles. The summed E-state index contributed by atoms with van der Waals surface area (Å²) < 4.78 is 0. The second-order valence-corrected chi connectivity index (χ2v) is 9.18. The monoisotopic (exact) mass is 302 g/mol. The quantitative estimate of drug-likeness (QED) is 0.683. The maximum absolute atomic E-state index is 12.0. The third kappa shape index (κ3) is 1.79. The Morgan fingerprint density at radius 3 is 2.55 bits per heavy atom. The van der Waals surface area contributed by atoms with E-state index in [9.17, 15) is 9.90 Å². The highest BCUT2D eigenvalue weighted by Crippen LogP contribution is 2.66. The Morgan fingerprint density at radius 2 is 1.77 bits per heavy atom. The molecule has 4 fully saturated rings. The summed E-state index contributed by atoms with van der Waals surface area (Å²) in [5, 5.41) is 10.5. The molecule has 0 aromatic carbocycles. The molecule has 0 spiro atoms. The molecule has 0 aromatic rings. The summed E-state index contributed by atoms with van der Waals surface area (Å²) in [5.41, 5.74) is 1.75. The van der Waals surface area contributed by atoms with Crippen molar-refractivity contribution in [2.45, 2.75) is 71.3 Å². The standard InChI is InChI=1S/C20H30O2/c1-12-10-14-15-4-5-18(22)20(15,3)9-7-16(14)19(2)8-6-13(21)11-17(12)19/h14-18,22H,1,4-11H2,2-3H3/t14-,15-,16-,17+,18-,19+,20-/m0/s1. The molecule has 0 radical (unpaired) electrons. The molecule has 2 heteroatoms. The summed E-state index contributed by atoms with van der Waals surface area (Å²) in [6.07, 6.45) is 8.14. The molecule has 4 aliphatic carbocycles. The van der Waals surface area contributed by atoms with Crippen molar-refractivity contribution in [2.75, 3.05) is 0 Å². The zero-order valence-corrected chi connectivity index (χ0v) is 14.1. The molecule has 22 heavy (non-hydrogen) atoms. The number of aliphatic hydroxyl groups excluding tert-OH is 1. The maximum Gasteiger partial charge on any atom is 0.133 e. The average molecular weight is 302 g/mol. The molecule has 0 bridgehead atoms. The van der Waals surface area contributed by atoms with Gasteiger partial charge in [-0.1, -0.05) is 26.0 Å². The van der Waals surface area contributed by atoms with Gasteiger partial charge >= 0.3 is 0 Å². The van der Waals surface area contributed by atoms with Crippen LogP contribution in [-0.2, 0) is 4.79 Å². The maximum atomic E-state index is 12.0. The zero-order chi connectivity index (χ0) is 15.7. The first-order valence-corrected chi connectivity index (χ1v) is 9.23. The number of rotatable bonds is 0. The Labute approximate surface area is 134 Å². The summed E-state index contributed by atoms with van der Waals surface area (Å²) in [6, 6.07) is 0. The lowest BCUT2D eigenvalue weighted by molar-refractivity contribution is -0.134. The second kappa shape index (κ2) is 4.69. The number of hydrogen-bond acceptors (Lipinski definition) is 2. The fourth-order valence-corrected chi connectivity index (χ4v) is 7.01. The third-order valence-corrected chi connectivity index (χ3v) is 8.40. The van der Waals surface area contributed by atoms with Gasteiger partial charge in [0.25, 0.3) is 0 Å². The topological polar surface area (TPSA) is 37.3 Å². The highest BCUT2D eigenvalue weighted by atomic mass is 16.3. The van der Waals surface area contributed by atoms with Gasteiger partial charge in [-0.15, -0.1) is 0 Å². The molecule has 4 aliphatic rings. The molecule has 2 nitrogen and oxygen atoms in total. The van der Waals surface area contributed by atoms with Crippen molar-refractivity contribution >= 4 is 5.78 Å². The number of carbonyl (C=O) groups excluding carboxylic acids is 1. The first kappa shape index (κ1) is 14.9. The average Bonchev–Trinajstić information content (AvgIpc) is 2.77. The Balaban J connectivity index is 1.69. The van der Waals surface area contributed by atoms with Gasteiger partial charge in [0.15, 0.2) is 0 Å². The Hall–Kier alpha value is -0.630. The van der Waals surface area contributed by atoms with E-state index in [1.165, 1.54) is 24.8 Å². The molecular formula is C20H30O2. The van der Waals surface area contributed by atoms with Crippen LogP contribution in [0.25, 0.3) is 0 Å². The van der Waals surface area contributed by atoms with Crippen molar-refractivity contribution in [1.29, 1.82) is 0 Å². The van der Waals surface area contributed by atoms with Crippen molar-refractivity contribution in [3.05, 3.63) is 12.2 Å². The van der Waals surface area contributed by atoms with E-state index in [1.54, 1.807) is 0 Å². The largest absolute Gasteiger partial charge is 0.393 e. The second-order valence-electron chi connectivity index (χ2n) is 9.18. The smallest absolute Gasteiger partial charge is 0.133 e. The number of hydrogen-bond donors (Lipinski definition) is 1. The van der Waals surface area contributed by atoms with Gasteiger partial charge in [0, 0.05) is 12.8 Å². The van der Waals surface area contributed by atoms with Crippen LogP contribution in [0.2, 0.25) is 0 Å². The minimum atomic E-state index is -0.106. The van der Waals surface area contributed by atoms with Crippen LogP contribution in [-0.4, -0.2) is 17.0 Å². The fourth-order valence-electron chi connectivity index (χ4n) is 7.01. The van der Waals surface area contributed by atoms with Crippen molar-refractivity contribution in [2.24, 2.45) is 34.5 Å². The molecule has 4 rings (SSSR count). The van der Waals surface area contributed by atoms with Crippen LogP contribution in [0.15, 0.2) is 12.2 Å². The van der Waals surface area contributed by atoms with Crippen molar-refractivity contribution in [3.8, 4) is 0 Å². The number of allylic oxidation sites excluding steroid dienone is 1. The van der Waals surface area contributed by atoms with Crippen molar-refractivity contribution in [3.63, 3.8) is 0 Å². The van der Waals surface area contributed by atoms with Gasteiger partial charge in [0.2, 0.25) is 0 Å². The normalized spacial score (nSPS) is 54.6. The molecule has 0 amide bonds. The summed E-state index contributed by atoms with van der Waals surface area (Å²) >= 11 is 0. The Morgan fingerprint density at radius 1 is 1.05 bits per heavy atom. The summed E-state index contributed by atoms with van der Waals surface area (Å²) in [4.78, 5) is 12.0. The van der Waals surface area contributed by atoms with Crippen LogP contribution >= 0.6 is 0 Å². The minimum absolute atomic E-state index is 0.106. The molecule has 0 unspecified atom stereocenters. The third-order valence-electron chi connectivity index (χ3n) is 8.40. The summed E-state index contributed by atoms with van der Waals surface area (Å²) in [7, 11) is 0. The van der Waals surface area contributed by atoms with E-state index >= 15 is 0 Å². The lowest BCUT2D eigenvalue weighted by atomic mass is 9.44. The lowest BCUT2D eigenvalue weighted by Gasteiger charge is -2.60. The van der Waals surface area contributed by atoms with Gasteiger partial charge < -0.3 is 5.11 Å². The molecule has 0 aromatic heterocycles. The van der Waals surface area contributed by atoms with Gasteiger partial charge in [-0.05, 0) is 73.0 Å². The number of ketones is 1. The van der Waals surface area contributed by atoms with E-state index < -0.39 is 0 Å². The molecule has 4 saturated carbocycles. The zero-order valence-electron chi connectivity index (χ0n) is 14.1. The molecule has 7 atom stereocenters. The Bertz CT molecular complexity index is 524. The van der Waals surface area contributed by atoms with Gasteiger partial charge in [-0.25, -0.2) is 0 Å². The number of fused-ring (bicyclic) bond motifs is 5. The van der Waals surface area contributed by atoms with Crippen molar-refractivity contribution < 1.29 is 9.90 Å². The number of carbonyl (C=O) groups is 1. The highest BCUT2D eigenvalue weighted by molar-refractivity contribution is 5.80. The highest BCUT2D eigenvalue weighted by Gasteiger charge is 2.60. The van der Waals surface area contributed by atoms with Crippen LogP contribution < -0.4 is 0 Å². The van der Waals surface area contributed by atoms with Crippen molar-refractivity contribution in [1.82, 2.24) is 0 Å². The number of aliphatic hydroxyl groups is 1. The van der Waals surface area contributed by atoms with Crippen LogP contribution in [0.4, 0.5) is 0 Å². The van der Waals surface area contributed by atoms with E-state index in [1.807, 2.05) is 0 Å². The molecule has 0 heterocycles. The van der Waals surface area contributed by atoms with Crippen LogP contribution in [0.3, 0.4) is 0 Å². The molecular weight excluding hydrogens is 272 g/mol. The van der Waals surface area contributed by atoms with Crippen LogP contribution in [0.1, 0.15) is 65.2 Å². The minimum Gasteiger partial charge on any atom is -0.393 e. The van der Waals surface area contributed by atoms with E-state index in [2.05, 4.69) is 20.4 Å². The van der Waals surface area contributed by atoms with Crippen LogP contribution in [0, 0.1) is 34.5 Å². The van der Waals surface area contributed by atoms with Gasteiger partial charge in [-0.2, -0.15) is 0 Å². The van der Waals surface area contributed by atoms with Gasteiger partial charge in [-0.3, -0.25) is 4.79 Å². The lowest BCUT2D eigenvalue weighted by Crippen LogP contribution is -2.54. The number of Topliss-reactive ketones (excluding diaryl/α,β-unsaturated/α-hetero) is 1. The molecule has 122 valence electrons. The summed E-state index contributed by atoms with van der Waals surface area (Å²) in [5.74, 6) is 2.95. The first-order chi connectivity index (χ1) is 10.4. The van der Waals surface area contributed by atoms with E-state index in [-0.39, 0.29) is 16.9 Å². The van der Waals surface area contributed by atoms with Crippen LogP contribution in [0.5, 0.6) is 0 Å². The SMILES string of the molecule is C=C1C[C@@H]2[C@H](CC[C@]3(C)[C@@H](O)CC[C@@H]23)[C@@]2(C)CCC(=O)C[C@H]12. The predicted octanol–water partition coefficient (Wildman–Crippen LogP) is 4.13. The molecule has 0 saturated heterocycles. The van der Waals surface area contributed by atoms with Gasteiger partial charge in [0.05, 0.1) is 6.10 Å². The van der Waals surface area contributed by atoms with E-state index in [0.29, 0.717) is 23.5 Å². The van der Waals surface area contributed by atoms with Gasteiger partial charge in [0.1, 0.15) is 5.78 Å². The van der Waals surface area contributed by atoms with E-state index in [0.717, 1.165) is 38.0 Å². The fraction of sp³-hybridized carbons (Fsp3) is 0.850. The first-order valence-electron chi connectivity index (χ1n) is 9.23. The summed E-state index contributed by atoms with van der Waals surface area (Å²) in [6.45, 7) is 9.18. The Kier molecular flexibility index (Phi) is 3.18. The molecule has 1 N–H and O–H groups in total. The van der Waals surface area contributed by atoms with E-state index in [4.69, 9.17) is 0 Å². The predicted molar refractivity (Wildman–Crippen MR) is 87.3 cm³/mol.